The summed E-state index contributed by atoms with van der Waals surface area (Å²) in [7, 11) is 0. The van der Waals surface area contributed by atoms with Gasteiger partial charge in [0.2, 0.25) is 0 Å². The third-order valence-corrected chi connectivity index (χ3v) is 4.57. The average Bonchev–Trinajstić information content (AvgIpc) is 2.67. The molecule has 28 heavy (non-hydrogen) atoms. The fourth-order valence-corrected chi connectivity index (χ4v) is 3.06. The molecule has 1 saturated heterocycles. The highest BCUT2D eigenvalue weighted by Crippen LogP contribution is 2.21. The Labute approximate surface area is 166 Å². The quantitative estimate of drug-likeness (QED) is 0.843. The third-order valence-electron chi connectivity index (χ3n) is 4.57. The number of carbonyl (C=O) groups excluding carboxylic acids is 1. The molecule has 0 atom stereocenters. The Morgan fingerprint density at radius 1 is 1.14 bits per heavy atom. The van der Waals surface area contributed by atoms with E-state index in [-0.39, 0.29) is 6.09 Å². The van der Waals surface area contributed by atoms with Crippen molar-refractivity contribution in [2.24, 2.45) is 0 Å². The van der Waals surface area contributed by atoms with Crippen LogP contribution in [0.1, 0.15) is 26.3 Å². The number of amides is 1. The van der Waals surface area contributed by atoms with E-state index >= 15 is 0 Å². The van der Waals surface area contributed by atoms with Crippen LogP contribution in [0.5, 0.6) is 0 Å². The van der Waals surface area contributed by atoms with Crippen LogP contribution in [0.25, 0.3) is 0 Å². The maximum atomic E-state index is 12.2. The number of piperazine rings is 1. The van der Waals surface area contributed by atoms with Crippen molar-refractivity contribution in [3.8, 4) is 0 Å². The number of benzene rings is 1. The minimum atomic E-state index is -0.461. The van der Waals surface area contributed by atoms with Crippen LogP contribution in [0.15, 0.2) is 42.6 Å². The first-order chi connectivity index (χ1) is 13.3. The van der Waals surface area contributed by atoms with Crippen molar-refractivity contribution in [2.45, 2.75) is 32.9 Å². The van der Waals surface area contributed by atoms with E-state index in [0.717, 1.165) is 30.0 Å². The average molecular weight is 383 g/mol. The van der Waals surface area contributed by atoms with Crippen molar-refractivity contribution in [3.05, 3.63) is 48.2 Å². The maximum Gasteiger partial charge on any atom is 0.410 e. The number of nitrogens with zero attached hydrogens (tertiary/aromatic N) is 3. The van der Waals surface area contributed by atoms with E-state index in [9.17, 15) is 4.79 Å². The van der Waals surface area contributed by atoms with Gasteiger partial charge in [0.25, 0.3) is 0 Å². The van der Waals surface area contributed by atoms with Crippen LogP contribution in [-0.4, -0.2) is 47.8 Å². The summed E-state index contributed by atoms with van der Waals surface area (Å²) in [5.74, 6) is 0.550. The molecule has 7 heteroatoms. The normalized spacial score (nSPS) is 14.7. The molecule has 3 N–H and O–H groups in total. The molecule has 1 fully saturated rings. The molecule has 1 aromatic heterocycles. The molecule has 150 valence electrons. The Balaban J connectivity index is 1.51. The van der Waals surface area contributed by atoms with Gasteiger partial charge in [0, 0.05) is 55.9 Å². The van der Waals surface area contributed by atoms with E-state index in [2.05, 4.69) is 39.5 Å². The molecule has 0 radical (unpaired) electrons. The number of nitrogen functional groups attached to an aromatic ring is 1. The first-order valence-electron chi connectivity index (χ1n) is 9.58. The van der Waals surface area contributed by atoms with Gasteiger partial charge >= 0.3 is 6.09 Å². The molecule has 0 aliphatic carbocycles. The topological polar surface area (TPSA) is 83.7 Å². The van der Waals surface area contributed by atoms with Crippen molar-refractivity contribution in [1.82, 2.24) is 9.88 Å². The molecule has 1 aliphatic rings. The fraction of sp³-hybridized carbons (Fsp3) is 0.429. The summed E-state index contributed by atoms with van der Waals surface area (Å²) < 4.78 is 5.45. The van der Waals surface area contributed by atoms with Crippen LogP contribution in [0.2, 0.25) is 0 Å². The summed E-state index contributed by atoms with van der Waals surface area (Å²) >= 11 is 0. The predicted octanol–water partition coefficient (Wildman–Crippen LogP) is 3.33. The minimum Gasteiger partial charge on any atom is -0.444 e. The summed E-state index contributed by atoms with van der Waals surface area (Å²) in [5.41, 5.74) is 8.57. The van der Waals surface area contributed by atoms with Gasteiger partial charge in [0.15, 0.2) is 0 Å². The van der Waals surface area contributed by atoms with Crippen molar-refractivity contribution in [2.75, 3.05) is 42.1 Å². The summed E-state index contributed by atoms with van der Waals surface area (Å²) in [4.78, 5) is 20.3. The first-order valence-corrected chi connectivity index (χ1v) is 9.58. The van der Waals surface area contributed by atoms with Gasteiger partial charge in [-0.25, -0.2) is 9.78 Å². The number of hydrogen-bond acceptors (Lipinski definition) is 6. The molecule has 0 bridgehead atoms. The number of carbonyl (C=O) groups is 1. The Hall–Kier alpha value is -2.96. The Kier molecular flexibility index (Phi) is 5.92. The lowest BCUT2D eigenvalue weighted by Gasteiger charge is -2.36. The third kappa shape index (κ3) is 5.28. The monoisotopic (exact) mass is 383 g/mol. The number of ether oxygens (including phenoxy) is 1. The summed E-state index contributed by atoms with van der Waals surface area (Å²) in [6.07, 6.45) is 1.46. The van der Waals surface area contributed by atoms with E-state index in [1.54, 1.807) is 11.1 Å². The standard InChI is InChI=1S/C21H29N5O2/c1-21(2,3)28-20(27)26-13-11-25(12-14-26)18-8-6-17(7-9-18)24-15-16-5-4-10-23-19(16)22/h4-10,24H,11-15H2,1-3H3,(H2,22,23). The van der Waals surface area contributed by atoms with Gasteiger partial charge < -0.3 is 25.6 Å². The van der Waals surface area contributed by atoms with Gasteiger partial charge in [0.05, 0.1) is 0 Å². The molecule has 0 unspecified atom stereocenters. The molecule has 7 nitrogen and oxygen atoms in total. The highest BCUT2D eigenvalue weighted by atomic mass is 16.6. The number of nitrogens with one attached hydrogen (secondary N) is 1. The molecular weight excluding hydrogens is 354 g/mol. The van der Waals surface area contributed by atoms with Crippen LogP contribution in [-0.2, 0) is 11.3 Å². The van der Waals surface area contributed by atoms with Crippen LogP contribution in [0.4, 0.5) is 22.0 Å². The van der Waals surface area contributed by atoms with Gasteiger partial charge in [-0.1, -0.05) is 6.07 Å². The summed E-state index contributed by atoms with van der Waals surface area (Å²) in [6, 6.07) is 12.2. The molecule has 2 heterocycles. The molecule has 0 saturated carbocycles. The maximum absolute atomic E-state index is 12.2. The Morgan fingerprint density at radius 2 is 1.82 bits per heavy atom. The van der Waals surface area contributed by atoms with Gasteiger partial charge in [-0.05, 0) is 51.1 Å². The molecule has 1 aliphatic heterocycles. The van der Waals surface area contributed by atoms with Gasteiger partial charge in [0.1, 0.15) is 11.4 Å². The molecule has 1 aromatic carbocycles. The Morgan fingerprint density at radius 3 is 2.43 bits per heavy atom. The number of hydrogen-bond donors (Lipinski definition) is 2. The lowest BCUT2D eigenvalue weighted by atomic mass is 10.2. The highest BCUT2D eigenvalue weighted by molar-refractivity contribution is 5.68. The van der Waals surface area contributed by atoms with Crippen molar-refractivity contribution >= 4 is 23.3 Å². The van der Waals surface area contributed by atoms with Gasteiger partial charge in [-0.15, -0.1) is 0 Å². The second-order valence-corrected chi connectivity index (χ2v) is 7.90. The summed E-state index contributed by atoms with van der Waals surface area (Å²) in [5, 5.41) is 3.37. The molecule has 1 amide bonds. The van der Waals surface area contributed by atoms with Crippen LogP contribution < -0.4 is 16.0 Å². The van der Waals surface area contributed by atoms with E-state index in [1.165, 1.54) is 0 Å². The number of nitrogens with two attached hydrogens (primary N) is 1. The van der Waals surface area contributed by atoms with Crippen molar-refractivity contribution in [3.63, 3.8) is 0 Å². The number of anilines is 3. The first kappa shape index (κ1) is 19.8. The number of rotatable bonds is 4. The molecular formula is C21H29N5O2. The zero-order valence-corrected chi connectivity index (χ0v) is 16.8. The molecule has 3 rings (SSSR count). The summed E-state index contributed by atoms with van der Waals surface area (Å²) in [6.45, 7) is 9.20. The SMILES string of the molecule is CC(C)(C)OC(=O)N1CCN(c2ccc(NCc3cccnc3N)cc2)CC1. The number of pyridine rings is 1. The molecule has 2 aromatic rings. The van der Waals surface area contributed by atoms with E-state index < -0.39 is 5.60 Å². The van der Waals surface area contributed by atoms with Crippen molar-refractivity contribution < 1.29 is 9.53 Å². The lowest BCUT2D eigenvalue weighted by Crippen LogP contribution is -2.50. The van der Waals surface area contributed by atoms with E-state index in [1.807, 2.05) is 32.9 Å². The number of aromatic nitrogens is 1. The van der Waals surface area contributed by atoms with Crippen LogP contribution in [0, 0.1) is 0 Å². The Bertz CT molecular complexity index is 793. The lowest BCUT2D eigenvalue weighted by molar-refractivity contribution is 0.0240. The van der Waals surface area contributed by atoms with Crippen LogP contribution >= 0.6 is 0 Å². The van der Waals surface area contributed by atoms with Gasteiger partial charge in [-0.3, -0.25) is 0 Å². The van der Waals surface area contributed by atoms with Crippen molar-refractivity contribution in [1.29, 1.82) is 0 Å². The zero-order chi connectivity index (χ0) is 20.1. The second kappa shape index (κ2) is 8.37. The fourth-order valence-electron chi connectivity index (χ4n) is 3.06. The highest BCUT2D eigenvalue weighted by Gasteiger charge is 2.25. The van der Waals surface area contributed by atoms with E-state index in [0.29, 0.717) is 25.5 Å². The van der Waals surface area contributed by atoms with Crippen LogP contribution in [0.3, 0.4) is 0 Å². The molecule has 0 spiro atoms. The second-order valence-electron chi connectivity index (χ2n) is 7.90. The smallest absolute Gasteiger partial charge is 0.410 e. The van der Waals surface area contributed by atoms with Gasteiger partial charge in [-0.2, -0.15) is 0 Å². The largest absolute Gasteiger partial charge is 0.444 e. The minimum absolute atomic E-state index is 0.235. The predicted molar refractivity (Wildman–Crippen MR) is 112 cm³/mol. The van der Waals surface area contributed by atoms with E-state index in [4.69, 9.17) is 10.5 Å². The zero-order valence-electron chi connectivity index (χ0n) is 16.8.